The number of hydrogen-bond donors (Lipinski definition) is 16. The number of nitrogens with one attached hydrogen (secondary N) is 8. The minimum Gasteiger partial charge on any atom is -0.508 e. The van der Waals surface area contributed by atoms with E-state index in [1.807, 2.05) is 0 Å². The Morgan fingerprint density at radius 2 is 0.889 bits per heavy atom. The number of aliphatic carboxylic acids is 2. The predicted octanol–water partition coefficient (Wildman–Crippen LogP) is -2.63. The molecule has 0 unspecified atom stereocenters. The number of unbranched alkanes of at least 4 members (excludes halogenated alkanes) is 3. The quantitative estimate of drug-likeness (QED) is 0.0303. The third-order valence-electron chi connectivity index (χ3n) is 12.7. The maximum atomic E-state index is 14.6. The van der Waals surface area contributed by atoms with Crippen LogP contribution in [0, 0.1) is 0 Å². The highest BCUT2D eigenvalue weighted by molar-refractivity contribution is 7.98. The number of benzene rings is 2. The Balaban J connectivity index is 2.53. The van der Waals surface area contributed by atoms with Crippen LogP contribution in [-0.4, -0.2) is 166 Å². The Bertz CT molecular complexity index is 2370. The summed E-state index contributed by atoms with van der Waals surface area (Å²) >= 11 is 1.37. The van der Waals surface area contributed by atoms with Gasteiger partial charge in [-0.05, 0) is 126 Å². The van der Waals surface area contributed by atoms with Gasteiger partial charge in [0, 0.05) is 19.3 Å². The Kier molecular flexibility index (Phi) is 32.9. The third kappa shape index (κ3) is 27.6. The van der Waals surface area contributed by atoms with Crippen molar-refractivity contribution < 1.29 is 68.1 Å². The Morgan fingerprint density at radius 3 is 1.37 bits per heavy atom. The van der Waals surface area contributed by atoms with Gasteiger partial charge in [-0.25, -0.2) is 4.79 Å². The summed E-state index contributed by atoms with van der Waals surface area (Å²) in [5, 5.41) is 49.9. The molecule has 9 atom stereocenters. The number of carbonyl (C=O) groups excluding carboxylic acids is 9. The minimum atomic E-state index is -1.92. The van der Waals surface area contributed by atoms with Gasteiger partial charge in [0.15, 0.2) is 0 Å². The molecule has 0 fully saturated rings. The average Bonchev–Trinajstić information content (AvgIpc) is 3.43. The first kappa shape index (κ1) is 69.7. The van der Waals surface area contributed by atoms with Crippen LogP contribution in [0.1, 0.15) is 102 Å². The van der Waals surface area contributed by atoms with Gasteiger partial charge in [0.05, 0.1) is 12.5 Å². The van der Waals surface area contributed by atoms with E-state index in [4.69, 9.17) is 28.7 Å². The zero-order valence-electron chi connectivity index (χ0n) is 46.0. The lowest BCUT2D eigenvalue weighted by Gasteiger charge is -2.28. The number of carboxylic acids is 2. The average molecular weight is 1160 g/mol. The summed E-state index contributed by atoms with van der Waals surface area (Å²) in [5.74, 6) is -10.9. The van der Waals surface area contributed by atoms with E-state index in [9.17, 15) is 68.1 Å². The topological polar surface area (TPSA) is 475 Å². The van der Waals surface area contributed by atoms with Crippen LogP contribution in [-0.2, 0) is 65.6 Å². The summed E-state index contributed by atoms with van der Waals surface area (Å²) < 4.78 is 0. The highest BCUT2D eigenvalue weighted by atomic mass is 32.2. The van der Waals surface area contributed by atoms with Gasteiger partial charge in [-0.1, -0.05) is 48.9 Å². The number of amides is 9. The lowest BCUT2D eigenvalue weighted by Crippen LogP contribution is -2.61. The van der Waals surface area contributed by atoms with Gasteiger partial charge in [-0.2, -0.15) is 11.8 Å². The minimum absolute atomic E-state index is 0.0764. The van der Waals surface area contributed by atoms with Crippen molar-refractivity contribution in [3.8, 4) is 5.75 Å². The van der Waals surface area contributed by atoms with Crippen LogP contribution in [0.3, 0.4) is 0 Å². The summed E-state index contributed by atoms with van der Waals surface area (Å²) in [6, 6.07) is 1.35. The molecule has 21 N–H and O–H groups in total. The van der Waals surface area contributed by atoms with Crippen LogP contribution < -0.4 is 71.2 Å². The predicted molar refractivity (Wildman–Crippen MR) is 301 cm³/mol. The van der Waals surface area contributed by atoms with Crippen molar-refractivity contribution in [1.82, 2.24) is 42.5 Å². The van der Waals surface area contributed by atoms with E-state index < -0.39 is 139 Å². The molecule has 2 aromatic rings. The molecule has 28 heteroatoms. The molecule has 0 aliphatic rings. The number of carboxylic acid groups (broad SMARTS) is 2. The van der Waals surface area contributed by atoms with E-state index in [0.29, 0.717) is 62.1 Å². The van der Waals surface area contributed by atoms with Crippen molar-refractivity contribution in [3.63, 3.8) is 0 Å². The fourth-order valence-corrected chi connectivity index (χ4v) is 8.52. The maximum Gasteiger partial charge on any atom is 0.326 e. The van der Waals surface area contributed by atoms with Gasteiger partial charge < -0.3 is 86.5 Å². The standard InChI is InChI=1S/C53H83N13O14S/c1-31(59-46(72)35(57)14-6-9-24-54)45(71)60-37(21-22-43(58)68)48(74)66-42(30-44(69)70)52(78)61-36(15-7-10-25-55)47(73)64-41(29-33-17-19-34(67)20-18-33)51(77)65-40(28-32-12-4-3-5-13-32)50(76)62-38(23-27-81-2)49(75)63-39(53(79)80)16-8-11-26-56/h3-5,12-13,17-20,31,35-42,67H,6-11,14-16,21-30,54-57H2,1-2H3,(H2,58,68)(H,59,72)(H,60,71)(H,61,78)(H,62,76)(H,63,75)(H,64,73)(H,65,77)(H,66,74)(H,69,70)(H,79,80)/t31-,35-,36-,37-,38-,39-,40-,41-,42-/m0/s1. The molecule has 0 aromatic heterocycles. The lowest BCUT2D eigenvalue weighted by molar-refractivity contribution is -0.142. The Hall–Kier alpha value is -7.40. The Labute approximate surface area is 475 Å². The molecule has 0 bridgehead atoms. The highest BCUT2D eigenvalue weighted by Gasteiger charge is 2.36. The first-order valence-corrected chi connectivity index (χ1v) is 28.3. The maximum absolute atomic E-state index is 14.6. The highest BCUT2D eigenvalue weighted by Crippen LogP contribution is 2.15. The molecule has 81 heavy (non-hydrogen) atoms. The molecule has 0 radical (unpaired) electrons. The summed E-state index contributed by atoms with van der Waals surface area (Å²) in [6.45, 7) is 2.17. The van der Waals surface area contributed by atoms with E-state index in [-0.39, 0.29) is 57.2 Å². The van der Waals surface area contributed by atoms with Crippen LogP contribution in [0.15, 0.2) is 54.6 Å². The second-order valence-corrected chi connectivity index (χ2v) is 20.4. The second kappa shape index (κ2) is 38.3. The number of thioether (sulfide) groups is 1. The van der Waals surface area contributed by atoms with Gasteiger partial charge in [0.1, 0.15) is 54.1 Å². The van der Waals surface area contributed by atoms with Crippen molar-refractivity contribution in [1.29, 1.82) is 0 Å². The largest absolute Gasteiger partial charge is 0.508 e. The van der Waals surface area contributed by atoms with Crippen LogP contribution in [0.2, 0.25) is 0 Å². The number of phenolic OH excluding ortho intramolecular Hbond substituents is 1. The molecule has 2 rings (SSSR count). The molecule has 0 saturated carbocycles. The normalized spacial score (nSPS) is 14.3. The van der Waals surface area contributed by atoms with Gasteiger partial charge in [-0.3, -0.25) is 47.9 Å². The van der Waals surface area contributed by atoms with E-state index in [2.05, 4.69) is 42.5 Å². The SMILES string of the molecule is CSCC[C@H](NC(=O)[C@H](Cc1ccccc1)NC(=O)[C@H](Cc1ccc(O)cc1)NC(=O)[C@H](CCCCN)NC(=O)[C@H](CC(=O)O)NC(=O)[C@H](CCC(N)=O)NC(=O)[C@H](C)NC(=O)[C@@H](N)CCCCN)C(=O)N[C@@H](CCCCN)C(=O)O. The zero-order chi connectivity index (χ0) is 60.4. The van der Waals surface area contributed by atoms with Crippen LogP contribution in [0.4, 0.5) is 0 Å². The monoisotopic (exact) mass is 1160 g/mol. The van der Waals surface area contributed by atoms with Crippen LogP contribution in [0.25, 0.3) is 0 Å². The van der Waals surface area contributed by atoms with E-state index in [1.165, 1.54) is 43.0 Å². The van der Waals surface area contributed by atoms with Crippen molar-refractivity contribution in [2.45, 2.75) is 158 Å². The van der Waals surface area contributed by atoms with Crippen molar-refractivity contribution in [2.24, 2.45) is 28.7 Å². The molecule has 0 saturated heterocycles. The van der Waals surface area contributed by atoms with Crippen LogP contribution in [0.5, 0.6) is 5.75 Å². The van der Waals surface area contributed by atoms with Gasteiger partial charge in [-0.15, -0.1) is 0 Å². The fraction of sp³-hybridized carbons (Fsp3) is 0.566. The molecular weight excluding hydrogens is 1070 g/mol. The number of primary amides is 1. The molecule has 0 aliphatic carbocycles. The molecule has 0 aliphatic heterocycles. The number of nitrogens with two attached hydrogens (primary N) is 5. The molecule has 9 amide bonds. The summed E-state index contributed by atoms with van der Waals surface area (Å²) in [4.78, 5) is 147. The smallest absolute Gasteiger partial charge is 0.326 e. The Morgan fingerprint density at radius 1 is 0.481 bits per heavy atom. The summed E-state index contributed by atoms with van der Waals surface area (Å²) in [7, 11) is 0. The number of hydrogen-bond acceptors (Lipinski definition) is 17. The molecule has 0 spiro atoms. The molecule has 0 heterocycles. The van der Waals surface area contributed by atoms with Gasteiger partial charge in [0.2, 0.25) is 53.2 Å². The number of aromatic hydroxyl groups is 1. The fourth-order valence-electron chi connectivity index (χ4n) is 8.05. The second-order valence-electron chi connectivity index (χ2n) is 19.4. The number of rotatable bonds is 41. The number of phenols is 1. The van der Waals surface area contributed by atoms with E-state index in [0.717, 1.165) is 0 Å². The molecule has 27 nitrogen and oxygen atoms in total. The van der Waals surface area contributed by atoms with E-state index in [1.54, 1.807) is 36.6 Å². The van der Waals surface area contributed by atoms with Crippen LogP contribution >= 0.6 is 11.8 Å². The summed E-state index contributed by atoms with van der Waals surface area (Å²) in [6.07, 6.45) is 2.38. The van der Waals surface area contributed by atoms with Crippen molar-refractivity contribution in [3.05, 3.63) is 65.7 Å². The summed E-state index contributed by atoms with van der Waals surface area (Å²) in [5.41, 5.74) is 29.1. The first-order chi connectivity index (χ1) is 38.5. The first-order valence-electron chi connectivity index (χ1n) is 26.9. The van der Waals surface area contributed by atoms with Gasteiger partial charge >= 0.3 is 11.9 Å². The van der Waals surface area contributed by atoms with Gasteiger partial charge in [0.25, 0.3) is 0 Å². The van der Waals surface area contributed by atoms with E-state index >= 15 is 0 Å². The molecule has 2 aromatic carbocycles. The number of carbonyl (C=O) groups is 11. The zero-order valence-corrected chi connectivity index (χ0v) is 46.8. The third-order valence-corrected chi connectivity index (χ3v) is 13.3. The lowest BCUT2D eigenvalue weighted by atomic mass is 10.0. The van der Waals surface area contributed by atoms with Crippen molar-refractivity contribution in [2.75, 3.05) is 31.6 Å². The molecule has 450 valence electrons. The molecular formula is C53H83N13O14S. The van der Waals surface area contributed by atoms with Crippen molar-refractivity contribution >= 4 is 76.9 Å².